The Morgan fingerprint density at radius 2 is 1.73 bits per heavy atom. The zero-order valence-corrected chi connectivity index (χ0v) is 15.1. The molecule has 0 saturated carbocycles. The highest BCUT2D eigenvalue weighted by atomic mass is 16.2. The van der Waals surface area contributed by atoms with Crippen molar-refractivity contribution in [3.05, 3.63) is 29.8 Å². The third-order valence-electron chi connectivity index (χ3n) is 5.10. The van der Waals surface area contributed by atoms with Gasteiger partial charge in [0.1, 0.15) is 0 Å². The molecule has 0 bridgehead atoms. The van der Waals surface area contributed by atoms with Gasteiger partial charge in [0.15, 0.2) is 0 Å². The van der Waals surface area contributed by atoms with Crippen molar-refractivity contribution in [2.24, 2.45) is 0 Å². The molecule has 7 nitrogen and oxygen atoms in total. The summed E-state index contributed by atoms with van der Waals surface area (Å²) in [5.74, 6) is -0.413. The summed E-state index contributed by atoms with van der Waals surface area (Å²) in [5, 5.41) is 0. The van der Waals surface area contributed by atoms with Gasteiger partial charge in [-0.15, -0.1) is 0 Å². The second-order valence-corrected chi connectivity index (χ2v) is 7.01. The fraction of sp³-hybridized carbons (Fsp3) is 0.526. The van der Waals surface area contributed by atoms with Gasteiger partial charge in [0.2, 0.25) is 11.8 Å². The summed E-state index contributed by atoms with van der Waals surface area (Å²) in [6.07, 6.45) is 5.60. The molecule has 7 heteroatoms. The van der Waals surface area contributed by atoms with Gasteiger partial charge in [0.25, 0.3) is 5.91 Å². The third-order valence-corrected chi connectivity index (χ3v) is 5.10. The summed E-state index contributed by atoms with van der Waals surface area (Å²) in [5.41, 5.74) is 6.19. The number of carbonyl (C=O) groups excluding carboxylic acids is 3. The van der Waals surface area contributed by atoms with Crippen molar-refractivity contribution in [3.8, 4) is 0 Å². The van der Waals surface area contributed by atoms with Gasteiger partial charge in [-0.2, -0.15) is 0 Å². The van der Waals surface area contributed by atoms with Crippen molar-refractivity contribution < 1.29 is 19.3 Å². The van der Waals surface area contributed by atoms with Gasteiger partial charge in [-0.25, -0.2) is 0 Å². The van der Waals surface area contributed by atoms with Crippen LogP contribution in [-0.2, 0) is 9.59 Å². The highest BCUT2D eigenvalue weighted by Crippen LogP contribution is 2.21. The molecule has 2 heterocycles. The summed E-state index contributed by atoms with van der Waals surface area (Å²) in [7, 11) is 0. The zero-order chi connectivity index (χ0) is 18.4. The molecule has 2 aliphatic rings. The van der Waals surface area contributed by atoms with E-state index in [0.29, 0.717) is 18.4 Å². The molecule has 3 N–H and O–H groups in total. The number of quaternary nitrogens is 1. The highest BCUT2D eigenvalue weighted by Gasteiger charge is 2.21. The first-order valence-corrected chi connectivity index (χ1v) is 9.46. The highest BCUT2D eigenvalue weighted by molar-refractivity contribution is 5.98. The normalized spacial score (nSPS) is 18.0. The topological polar surface area (TPSA) is 82.9 Å². The van der Waals surface area contributed by atoms with E-state index < -0.39 is 0 Å². The molecule has 0 unspecified atom stereocenters. The van der Waals surface area contributed by atoms with Crippen LogP contribution in [0.2, 0.25) is 0 Å². The minimum absolute atomic E-state index is 0.116. The van der Waals surface area contributed by atoms with Gasteiger partial charge < -0.3 is 9.80 Å². The number of anilines is 1. The Labute approximate surface area is 153 Å². The summed E-state index contributed by atoms with van der Waals surface area (Å²) in [6.45, 7) is 3.79. The Morgan fingerprint density at radius 1 is 1.00 bits per heavy atom. The van der Waals surface area contributed by atoms with Crippen LogP contribution in [-0.4, -0.2) is 43.9 Å². The minimum atomic E-state index is -0.358. The number of nitrogens with zero attached hydrogens (tertiary/aromatic N) is 1. The van der Waals surface area contributed by atoms with Gasteiger partial charge in [0, 0.05) is 24.2 Å². The van der Waals surface area contributed by atoms with Gasteiger partial charge in [-0.05, 0) is 49.9 Å². The molecule has 2 saturated heterocycles. The van der Waals surface area contributed by atoms with Crippen molar-refractivity contribution in [1.29, 1.82) is 0 Å². The minimum Gasteiger partial charge on any atom is -0.335 e. The van der Waals surface area contributed by atoms with E-state index in [1.54, 1.807) is 29.2 Å². The molecular weight excluding hydrogens is 332 g/mol. The summed E-state index contributed by atoms with van der Waals surface area (Å²) in [4.78, 5) is 39.0. The first-order valence-electron chi connectivity index (χ1n) is 9.46. The van der Waals surface area contributed by atoms with E-state index in [9.17, 15) is 14.4 Å². The van der Waals surface area contributed by atoms with E-state index in [2.05, 4.69) is 10.9 Å². The molecule has 140 valence electrons. The maximum absolute atomic E-state index is 12.1. The van der Waals surface area contributed by atoms with Crippen LogP contribution < -0.4 is 20.7 Å². The number of amides is 3. The van der Waals surface area contributed by atoms with E-state index in [4.69, 9.17) is 0 Å². The predicted molar refractivity (Wildman–Crippen MR) is 97.7 cm³/mol. The first-order chi connectivity index (χ1) is 12.6. The SMILES string of the molecule is O=C(CC[NH+]1CCCCC1)NNC(=O)c1ccc(N2CCCC2=O)cc1. The summed E-state index contributed by atoms with van der Waals surface area (Å²) >= 11 is 0. The number of hydrazine groups is 1. The third kappa shape index (κ3) is 4.82. The van der Waals surface area contributed by atoms with E-state index in [1.807, 2.05) is 0 Å². The average molecular weight is 359 g/mol. The van der Waals surface area contributed by atoms with Crippen LogP contribution >= 0.6 is 0 Å². The van der Waals surface area contributed by atoms with Gasteiger partial charge >= 0.3 is 0 Å². The van der Waals surface area contributed by atoms with Gasteiger partial charge in [0.05, 0.1) is 26.1 Å². The van der Waals surface area contributed by atoms with Crippen molar-refractivity contribution in [1.82, 2.24) is 10.9 Å². The van der Waals surface area contributed by atoms with Crippen LogP contribution in [0, 0.1) is 0 Å². The van der Waals surface area contributed by atoms with Crippen molar-refractivity contribution in [2.75, 3.05) is 31.1 Å². The molecule has 0 aromatic heterocycles. The fourth-order valence-electron chi connectivity index (χ4n) is 3.57. The van der Waals surface area contributed by atoms with Gasteiger partial charge in [-0.3, -0.25) is 25.2 Å². The first kappa shape index (κ1) is 18.4. The maximum atomic E-state index is 12.1. The van der Waals surface area contributed by atoms with Crippen LogP contribution in [0.15, 0.2) is 24.3 Å². The van der Waals surface area contributed by atoms with Crippen LogP contribution in [0.4, 0.5) is 5.69 Å². The largest absolute Gasteiger partial charge is 0.335 e. The predicted octanol–water partition coefficient (Wildman–Crippen LogP) is 0.0333. The molecule has 26 heavy (non-hydrogen) atoms. The second-order valence-electron chi connectivity index (χ2n) is 7.01. The van der Waals surface area contributed by atoms with Gasteiger partial charge in [-0.1, -0.05) is 0 Å². The number of likely N-dealkylation sites (tertiary alicyclic amines) is 1. The Hall–Kier alpha value is -2.41. The zero-order valence-electron chi connectivity index (χ0n) is 15.1. The van der Waals surface area contributed by atoms with Crippen molar-refractivity contribution >= 4 is 23.4 Å². The molecule has 1 aromatic carbocycles. The van der Waals surface area contributed by atoms with Crippen LogP contribution in [0.1, 0.15) is 48.9 Å². The molecule has 3 amide bonds. The lowest BCUT2D eigenvalue weighted by atomic mass is 10.1. The Morgan fingerprint density at radius 3 is 2.38 bits per heavy atom. The number of carbonyl (C=O) groups is 3. The molecule has 0 atom stereocenters. The molecule has 1 aromatic rings. The van der Waals surface area contributed by atoms with Crippen molar-refractivity contribution in [3.63, 3.8) is 0 Å². The molecule has 0 radical (unpaired) electrons. The van der Waals surface area contributed by atoms with E-state index in [0.717, 1.165) is 38.3 Å². The number of nitrogens with one attached hydrogen (secondary N) is 3. The Bertz CT molecular complexity index is 653. The quantitative estimate of drug-likeness (QED) is 0.649. The molecule has 3 rings (SSSR count). The summed E-state index contributed by atoms with van der Waals surface area (Å²) in [6, 6.07) is 6.86. The lowest BCUT2D eigenvalue weighted by Gasteiger charge is -2.23. The number of hydrogen-bond donors (Lipinski definition) is 3. The number of piperidine rings is 1. The average Bonchev–Trinajstić information content (AvgIpc) is 3.11. The summed E-state index contributed by atoms with van der Waals surface area (Å²) < 4.78 is 0. The van der Waals surface area contributed by atoms with E-state index in [-0.39, 0.29) is 17.7 Å². The van der Waals surface area contributed by atoms with Crippen LogP contribution in [0.3, 0.4) is 0 Å². The molecule has 2 aliphatic heterocycles. The van der Waals surface area contributed by atoms with E-state index in [1.165, 1.54) is 24.2 Å². The fourth-order valence-corrected chi connectivity index (χ4v) is 3.57. The monoisotopic (exact) mass is 359 g/mol. The molecule has 2 fully saturated rings. The van der Waals surface area contributed by atoms with E-state index >= 15 is 0 Å². The smallest absolute Gasteiger partial charge is 0.269 e. The number of benzene rings is 1. The molecule has 0 spiro atoms. The Balaban J connectivity index is 1.42. The number of rotatable bonds is 5. The maximum Gasteiger partial charge on any atom is 0.269 e. The number of hydrogen-bond acceptors (Lipinski definition) is 3. The Kier molecular flexibility index (Phi) is 6.22. The van der Waals surface area contributed by atoms with Crippen LogP contribution in [0.25, 0.3) is 0 Å². The molecule has 0 aliphatic carbocycles. The van der Waals surface area contributed by atoms with Crippen molar-refractivity contribution in [2.45, 2.75) is 38.5 Å². The molecular formula is C19H27N4O3+. The standard InChI is InChI=1S/C19H26N4O3/c24-17(10-14-22-11-2-1-3-12-22)20-21-19(26)15-6-8-16(9-7-15)23-13-4-5-18(23)25/h6-9H,1-5,10-14H2,(H,20,24)(H,21,26)/p+1. The second kappa shape index (κ2) is 8.80. The van der Waals surface area contributed by atoms with Crippen LogP contribution in [0.5, 0.6) is 0 Å². The lowest BCUT2D eigenvalue weighted by molar-refractivity contribution is -0.904. The lowest BCUT2D eigenvalue weighted by Crippen LogP contribution is -3.12.